The predicted octanol–water partition coefficient (Wildman–Crippen LogP) is 43.5. The minimum atomic E-state index is 0.758. The van der Waals surface area contributed by atoms with Gasteiger partial charge in [0.15, 0.2) is 0 Å². The second-order valence-corrected chi connectivity index (χ2v) is 52.4. The van der Waals surface area contributed by atoms with Gasteiger partial charge in [-0.25, -0.2) is 0 Å². The van der Waals surface area contributed by atoms with Crippen LogP contribution in [0, 0.1) is 17.8 Å². The fourth-order valence-electron chi connectivity index (χ4n) is 20.1. The highest BCUT2D eigenvalue weighted by atomic mass is 32.2. The number of unbranched alkanes of at least 4 members (excludes halogenated alkanes) is 24. The van der Waals surface area contributed by atoms with Crippen molar-refractivity contribution in [3.05, 3.63) is 178 Å². The van der Waals surface area contributed by atoms with Crippen molar-refractivity contribution in [2.24, 2.45) is 17.8 Å². The van der Waals surface area contributed by atoms with Crippen LogP contribution in [-0.2, 0) is 19.3 Å². The van der Waals surface area contributed by atoms with Gasteiger partial charge in [-0.3, -0.25) is 0 Å². The molecule has 0 amide bonds. The third-order valence-corrected chi connectivity index (χ3v) is 43.9. The van der Waals surface area contributed by atoms with E-state index in [1.807, 2.05) is 136 Å². The van der Waals surface area contributed by atoms with Gasteiger partial charge in [0.25, 0.3) is 0 Å². The third kappa shape index (κ3) is 23.3. The highest BCUT2D eigenvalue weighted by Gasteiger charge is 2.28. The lowest BCUT2D eigenvalue weighted by atomic mass is 9.91. The van der Waals surface area contributed by atoms with E-state index in [-0.39, 0.29) is 0 Å². The van der Waals surface area contributed by atoms with Crippen molar-refractivity contribution in [2.75, 3.05) is 0 Å². The normalized spacial score (nSPS) is 12.8. The molecule has 4 aromatic carbocycles. The summed E-state index contributed by atoms with van der Waals surface area (Å²) in [4.78, 5) is 27.7. The molecule has 0 bridgehead atoms. The van der Waals surface area contributed by atoms with Crippen LogP contribution in [0.3, 0.4) is 0 Å². The molecule has 19 aromatic rings. The molecule has 0 aliphatic carbocycles. The maximum atomic E-state index is 5.04. The van der Waals surface area contributed by atoms with Crippen molar-refractivity contribution in [1.29, 1.82) is 0 Å². The molecule has 0 aliphatic rings. The molecule has 6 nitrogen and oxygen atoms in total. The van der Waals surface area contributed by atoms with Gasteiger partial charge in [-0.05, 0) is 164 Å². The van der Waals surface area contributed by atoms with Crippen LogP contribution in [-0.4, -0.2) is 26.2 Å². The lowest BCUT2D eigenvalue weighted by Crippen LogP contribution is -2.04. The topological polar surface area (TPSA) is 77.3 Å². The van der Waals surface area contributed by atoms with Gasteiger partial charge in [-0.2, -0.15) is 26.2 Å². The monoisotopic (exact) mass is 2060 g/mol. The maximum absolute atomic E-state index is 5.04. The Morgan fingerprint density at radius 3 is 0.585 bits per heavy atom. The van der Waals surface area contributed by atoms with E-state index in [0.29, 0.717) is 0 Å². The summed E-state index contributed by atoms with van der Waals surface area (Å²) in [6.45, 7) is 13.9. The number of fused-ring (bicyclic) bond motifs is 9. The number of aromatic nitrogens is 6. The Hall–Kier alpha value is -6.48. The van der Waals surface area contributed by atoms with Crippen LogP contribution in [0.25, 0.3) is 185 Å². The van der Waals surface area contributed by atoms with E-state index in [4.69, 9.17) is 26.2 Å². The quantitative estimate of drug-likeness (QED) is 0.0354. The summed E-state index contributed by atoms with van der Waals surface area (Å²) in [6, 6.07) is 64.0. The summed E-state index contributed by atoms with van der Waals surface area (Å²) < 4.78 is 34.3. The Morgan fingerprint density at radius 2 is 0.356 bits per heavy atom. The largest absolute Gasteiger partial charge is 0.172 e. The first-order chi connectivity index (χ1) is 66.6. The van der Waals surface area contributed by atoms with E-state index in [1.54, 1.807) is 0 Å². The SMILES string of the molecule is CCCCCCCCC(CCCCCC)Cc1ccc(-c2ccc(-c3ccc(-c4ccc(-c5cc6c(s5)c5cc(-c7ccc(-c8ccc(-c9ccc(-c%10ccc(CC(CCCCCC)CCCCCCCC)s%10)c%10nsnc9%10)s8)s7)sc5c5cc(-c7ccc(-c8ccc(-c9ccc(-c%10ccc(CC(CCCCCC)CCCCCCCC)s%10)c%10nsnc9%10)s8)s7)sc65)s4)s3)c3nsnc23)s1. The number of hydrogen-bond acceptors (Lipinski definition) is 21. The van der Waals surface area contributed by atoms with Crippen LogP contribution >= 0.6 is 171 Å². The molecule has 15 aromatic heterocycles. The number of benzene rings is 4. The highest BCUT2D eigenvalue weighted by molar-refractivity contribution is 7.34. The Balaban J connectivity index is 0.592. The summed E-state index contributed by atoms with van der Waals surface area (Å²) in [5.74, 6) is 2.27. The van der Waals surface area contributed by atoms with Gasteiger partial charge in [-0.15, -0.1) is 136 Å². The molecule has 0 spiro atoms. The van der Waals surface area contributed by atoms with Gasteiger partial charge >= 0.3 is 0 Å². The molecule has 0 radical (unpaired) electrons. The standard InChI is InChI=1S/C114H126N6S15/c1-7-13-19-25-28-34-40-73(37-31-22-16-10-4)67-76-43-52-88(121-76)79-46-49-82(109-106(79)115-133-118-109)91-55-58-94(124-91)97-61-64-100(127-97)103-70-85-112(130-103)86-71-104(101-65-62-98(128-101)95-59-56-92(125-95)83-50-47-80(107-110(83)119-134-116-107)89-53-44-77(122-89)68-74(38-32-23-17-11-5)41-35-29-26-20-14-8-2)132-114(86)87-72-105(131-113(85)87)102-66-63-99(129-102)96-60-57-93(126-96)84-51-48-81(108-111(84)120-135-117-108)90-54-45-78(123-90)69-75(39-33-24-18-12-6)42-36-30-27-21-15-9-3/h43-66,70-75H,7-42,67-69H2,1-6H3. The molecule has 3 atom stereocenters. The number of thiophene rings is 12. The van der Waals surface area contributed by atoms with Crippen LogP contribution in [0.1, 0.15) is 287 Å². The second kappa shape index (κ2) is 47.9. The first-order valence-electron chi connectivity index (χ1n) is 50.7. The lowest BCUT2D eigenvalue weighted by Gasteiger charge is -2.16. The van der Waals surface area contributed by atoms with E-state index in [0.717, 1.165) is 50.9 Å². The zero-order chi connectivity index (χ0) is 91.8. The fourth-order valence-corrected chi connectivity index (χ4v) is 35.7. The molecule has 21 heteroatoms. The van der Waals surface area contributed by atoms with Crippen molar-refractivity contribution in [3.63, 3.8) is 0 Å². The minimum Gasteiger partial charge on any atom is -0.172 e. The summed E-state index contributed by atoms with van der Waals surface area (Å²) >= 11 is 27.3. The lowest BCUT2D eigenvalue weighted by molar-refractivity contribution is 0.404. The summed E-state index contributed by atoms with van der Waals surface area (Å²) in [5, 5.41) is 4.04. The molecule has 0 aliphatic heterocycles. The molecule has 0 saturated heterocycles. The van der Waals surface area contributed by atoms with Crippen molar-refractivity contribution in [1.82, 2.24) is 26.2 Å². The zero-order valence-electron chi connectivity index (χ0n) is 79.2. The molecule has 135 heavy (non-hydrogen) atoms. The van der Waals surface area contributed by atoms with Crippen molar-refractivity contribution >= 4 is 235 Å². The molecule has 0 saturated carbocycles. The Labute approximate surface area is 860 Å². The van der Waals surface area contributed by atoms with E-state index in [1.165, 1.54) is 452 Å². The van der Waals surface area contributed by atoms with Gasteiger partial charge in [0.05, 0.1) is 35.2 Å². The number of nitrogens with zero attached hydrogens (tertiary/aromatic N) is 6. The van der Waals surface area contributed by atoms with Crippen LogP contribution in [0.5, 0.6) is 0 Å². The van der Waals surface area contributed by atoms with Crippen LogP contribution in [0.15, 0.2) is 164 Å². The summed E-state index contributed by atoms with van der Waals surface area (Å²) in [5.41, 5.74) is 13.2. The van der Waals surface area contributed by atoms with Crippen LogP contribution < -0.4 is 0 Å². The van der Waals surface area contributed by atoms with Crippen LogP contribution in [0.4, 0.5) is 0 Å². The molecule has 3 unspecified atom stereocenters. The van der Waals surface area contributed by atoms with Gasteiger partial charge < -0.3 is 0 Å². The first-order valence-corrected chi connectivity index (χ1v) is 62.7. The fraction of sp³-hybridized carbons (Fsp3) is 0.421. The van der Waals surface area contributed by atoms with Crippen molar-refractivity contribution in [3.8, 4) is 121 Å². The molecule has 15 heterocycles. The molecule has 19 rings (SSSR count). The van der Waals surface area contributed by atoms with Crippen molar-refractivity contribution in [2.45, 2.75) is 292 Å². The van der Waals surface area contributed by atoms with Crippen molar-refractivity contribution < 1.29 is 0 Å². The van der Waals surface area contributed by atoms with Gasteiger partial charge in [-0.1, -0.05) is 309 Å². The van der Waals surface area contributed by atoms with E-state index < -0.39 is 0 Å². The molecule has 0 fully saturated rings. The van der Waals surface area contributed by atoms with Crippen LogP contribution in [0.2, 0.25) is 0 Å². The highest BCUT2D eigenvalue weighted by Crippen LogP contribution is 2.56. The maximum Gasteiger partial charge on any atom is 0.114 e. The Bertz CT molecular complexity index is 6250. The van der Waals surface area contributed by atoms with Gasteiger partial charge in [0.1, 0.15) is 33.1 Å². The smallest absolute Gasteiger partial charge is 0.114 e. The first kappa shape index (κ1) is 97.3. The average molecular weight is 2060 g/mol. The van der Waals surface area contributed by atoms with E-state index in [2.05, 4.69) is 205 Å². The van der Waals surface area contributed by atoms with Gasteiger partial charge in [0.2, 0.25) is 0 Å². The summed E-state index contributed by atoms with van der Waals surface area (Å²) in [7, 11) is 0. The average Bonchev–Trinajstić information content (AvgIpc) is 1.56. The van der Waals surface area contributed by atoms with E-state index in [9.17, 15) is 0 Å². The van der Waals surface area contributed by atoms with E-state index >= 15 is 0 Å². The summed E-state index contributed by atoms with van der Waals surface area (Å²) in [6.07, 6.45) is 52.3. The second-order valence-electron chi connectivity index (χ2n) is 37.6. The Kier molecular flexibility index (Phi) is 34.5. The predicted molar refractivity (Wildman–Crippen MR) is 613 cm³/mol. The van der Waals surface area contributed by atoms with Gasteiger partial charge in [0, 0.05) is 166 Å². The molecular weight excluding hydrogens is 1930 g/mol. The minimum absolute atomic E-state index is 0.758. The number of rotatable bonds is 54. The third-order valence-electron chi connectivity index (χ3n) is 27.6. The molecular formula is C114H126N6S15. The Morgan fingerprint density at radius 1 is 0.178 bits per heavy atom. The molecule has 702 valence electrons. The zero-order valence-corrected chi connectivity index (χ0v) is 91.5. The molecule has 0 N–H and O–H groups in total. The number of hydrogen-bond donors (Lipinski definition) is 0.